The largest absolute Gasteiger partial charge is 0.337 e. The van der Waals surface area contributed by atoms with Crippen molar-refractivity contribution in [2.75, 3.05) is 7.05 Å². The number of benzene rings is 1. The van der Waals surface area contributed by atoms with Crippen LogP contribution < -0.4 is 5.56 Å². The van der Waals surface area contributed by atoms with Gasteiger partial charge in [0.25, 0.3) is 11.5 Å². The highest BCUT2D eigenvalue weighted by Crippen LogP contribution is 2.06. The Balaban J connectivity index is 1.92. The summed E-state index contributed by atoms with van der Waals surface area (Å²) >= 11 is 0. The summed E-state index contributed by atoms with van der Waals surface area (Å²) in [4.78, 5) is 30.6. The summed E-state index contributed by atoms with van der Waals surface area (Å²) in [6.45, 7) is 0.441. The van der Waals surface area contributed by atoms with Crippen LogP contribution in [0.3, 0.4) is 0 Å². The fourth-order valence-electron chi connectivity index (χ4n) is 2.31. The van der Waals surface area contributed by atoms with Crippen LogP contribution in [-0.4, -0.2) is 27.2 Å². The number of nitrogens with zero attached hydrogens (tertiary/aromatic N) is 3. The van der Waals surface area contributed by atoms with Crippen molar-refractivity contribution in [2.45, 2.75) is 6.54 Å². The number of hydrogen-bond donors (Lipinski definition) is 0. The van der Waals surface area contributed by atoms with E-state index < -0.39 is 0 Å². The Bertz CT molecular complexity index is 872. The molecule has 0 saturated carbocycles. The Kier molecular flexibility index (Phi) is 3.70. The first-order chi connectivity index (χ1) is 10.7. The van der Waals surface area contributed by atoms with Crippen LogP contribution in [0.1, 0.15) is 15.9 Å². The summed E-state index contributed by atoms with van der Waals surface area (Å²) in [5.41, 5.74) is 1.25. The van der Waals surface area contributed by atoms with Crippen molar-refractivity contribution in [1.82, 2.24) is 14.3 Å². The molecule has 2 aromatic heterocycles. The molecular formula is C17H15N3O2. The number of pyridine rings is 1. The van der Waals surface area contributed by atoms with Crippen LogP contribution in [0.2, 0.25) is 0 Å². The molecule has 0 aliphatic rings. The zero-order valence-corrected chi connectivity index (χ0v) is 12.1. The lowest BCUT2D eigenvalue weighted by atomic mass is 10.2. The molecule has 5 nitrogen and oxygen atoms in total. The molecule has 22 heavy (non-hydrogen) atoms. The molecule has 0 unspecified atom stereocenters. The summed E-state index contributed by atoms with van der Waals surface area (Å²) in [6.07, 6.45) is 2.96. The monoisotopic (exact) mass is 293 g/mol. The Hall–Kier alpha value is -2.95. The maximum Gasteiger partial charge on any atom is 0.270 e. The lowest BCUT2D eigenvalue weighted by Gasteiger charge is -2.17. The van der Waals surface area contributed by atoms with Crippen molar-refractivity contribution >= 4 is 11.6 Å². The van der Waals surface area contributed by atoms with Crippen molar-refractivity contribution in [3.63, 3.8) is 0 Å². The Labute approximate surface area is 127 Å². The molecule has 1 aromatic carbocycles. The summed E-state index contributed by atoms with van der Waals surface area (Å²) in [7, 11) is 1.68. The van der Waals surface area contributed by atoms with Crippen molar-refractivity contribution in [2.24, 2.45) is 0 Å². The first-order valence-electron chi connectivity index (χ1n) is 6.92. The van der Waals surface area contributed by atoms with Crippen molar-refractivity contribution in [3.05, 3.63) is 82.4 Å². The summed E-state index contributed by atoms with van der Waals surface area (Å²) in [5.74, 6) is -0.334. The van der Waals surface area contributed by atoms with Gasteiger partial charge in [-0.15, -0.1) is 0 Å². The molecule has 2 heterocycles. The third-order valence-corrected chi connectivity index (χ3v) is 3.45. The van der Waals surface area contributed by atoms with E-state index in [4.69, 9.17) is 0 Å². The zero-order chi connectivity index (χ0) is 15.5. The van der Waals surface area contributed by atoms with Gasteiger partial charge in [0.1, 0.15) is 11.2 Å². The van der Waals surface area contributed by atoms with Gasteiger partial charge in [-0.2, -0.15) is 0 Å². The van der Waals surface area contributed by atoms with Crippen LogP contribution in [0.5, 0.6) is 0 Å². The van der Waals surface area contributed by atoms with Gasteiger partial charge in [0.05, 0.1) is 0 Å². The van der Waals surface area contributed by atoms with Crippen LogP contribution in [-0.2, 0) is 6.54 Å². The number of carbonyl (C=O) groups is 1. The molecule has 3 aromatic rings. The lowest BCUT2D eigenvalue weighted by Crippen LogP contribution is -2.32. The molecule has 0 radical (unpaired) electrons. The number of fused-ring (bicyclic) bond motifs is 1. The average Bonchev–Trinajstić information content (AvgIpc) is 2.56. The van der Waals surface area contributed by atoms with Gasteiger partial charge >= 0.3 is 0 Å². The first-order valence-corrected chi connectivity index (χ1v) is 6.92. The lowest BCUT2D eigenvalue weighted by molar-refractivity contribution is 0.0782. The number of aromatic nitrogens is 2. The van der Waals surface area contributed by atoms with E-state index >= 15 is 0 Å². The summed E-state index contributed by atoms with van der Waals surface area (Å²) in [6, 6.07) is 14.9. The molecule has 0 aliphatic carbocycles. The predicted molar refractivity (Wildman–Crippen MR) is 83.7 cm³/mol. The van der Waals surface area contributed by atoms with E-state index in [1.165, 1.54) is 15.5 Å². The molecule has 110 valence electrons. The van der Waals surface area contributed by atoms with E-state index in [2.05, 4.69) is 4.98 Å². The van der Waals surface area contributed by atoms with E-state index in [0.717, 1.165) is 5.56 Å². The topological polar surface area (TPSA) is 54.7 Å². The number of amides is 1. The molecule has 0 spiro atoms. The van der Waals surface area contributed by atoms with E-state index in [1.54, 1.807) is 31.4 Å². The number of hydrogen-bond acceptors (Lipinski definition) is 3. The molecule has 5 heteroatoms. The smallest absolute Gasteiger partial charge is 0.270 e. The quantitative estimate of drug-likeness (QED) is 0.742. The minimum Gasteiger partial charge on any atom is -0.337 e. The van der Waals surface area contributed by atoms with Crippen LogP contribution >= 0.6 is 0 Å². The fourth-order valence-corrected chi connectivity index (χ4v) is 2.31. The van der Waals surface area contributed by atoms with Gasteiger partial charge in [0.2, 0.25) is 0 Å². The van der Waals surface area contributed by atoms with Gasteiger partial charge in [-0.05, 0) is 17.7 Å². The average molecular weight is 293 g/mol. The molecular weight excluding hydrogens is 278 g/mol. The van der Waals surface area contributed by atoms with Crippen LogP contribution in [0.25, 0.3) is 5.65 Å². The second-order valence-corrected chi connectivity index (χ2v) is 5.05. The fraction of sp³-hybridized carbons (Fsp3) is 0.118. The molecule has 0 bridgehead atoms. The number of carbonyl (C=O) groups excluding carboxylic acids is 1. The minimum absolute atomic E-state index is 0.0714. The molecule has 0 saturated heterocycles. The minimum atomic E-state index is -0.351. The van der Waals surface area contributed by atoms with E-state index in [0.29, 0.717) is 12.2 Å². The predicted octanol–water partition coefficient (Wildman–Crippen LogP) is 1.97. The van der Waals surface area contributed by atoms with Gasteiger partial charge in [0, 0.05) is 26.0 Å². The van der Waals surface area contributed by atoms with Crippen LogP contribution in [0, 0.1) is 0 Å². The molecule has 3 rings (SSSR count). The van der Waals surface area contributed by atoms with Gasteiger partial charge in [0.15, 0.2) is 0 Å². The first kappa shape index (κ1) is 14.0. The van der Waals surface area contributed by atoms with Crippen molar-refractivity contribution in [3.8, 4) is 0 Å². The van der Waals surface area contributed by atoms with Gasteiger partial charge in [-0.1, -0.05) is 36.4 Å². The second kappa shape index (κ2) is 5.81. The Morgan fingerprint density at radius 2 is 1.86 bits per heavy atom. The molecule has 0 N–H and O–H groups in total. The maximum atomic E-state index is 12.5. The van der Waals surface area contributed by atoms with E-state index in [-0.39, 0.29) is 17.0 Å². The van der Waals surface area contributed by atoms with Gasteiger partial charge in [-0.3, -0.25) is 14.0 Å². The SMILES string of the molecule is CN(Cc1ccccc1)C(=O)c1cnc2ccccn2c1=O. The zero-order valence-electron chi connectivity index (χ0n) is 12.1. The highest BCUT2D eigenvalue weighted by atomic mass is 16.2. The molecule has 0 aliphatic heterocycles. The molecule has 0 atom stereocenters. The third-order valence-electron chi connectivity index (χ3n) is 3.45. The third kappa shape index (κ3) is 2.61. The van der Waals surface area contributed by atoms with E-state index in [1.807, 2.05) is 30.3 Å². The van der Waals surface area contributed by atoms with E-state index in [9.17, 15) is 9.59 Å². The molecule has 0 fully saturated rings. The Morgan fingerprint density at radius 1 is 1.14 bits per heavy atom. The van der Waals surface area contributed by atoms with Crippen molar-refractivity contribution < 1.29 is 4.79 Å². The normalized spacial score (nSPS) is 10.6. The standard InChI is InChI=1S/C17H15N3O2/c1-19(12-13-7-3-2-4-8-13)16(21)14-11-18-15-9-5-6-10-20(15)17(14)22/h2-11H,12H2,1H3. The highest BCUT2D eigenvalue weighted by Gasteiger charge is 2.17. The Morgan fingerprint density at radius 3 is 2.64 bits per heavy atom. The molecule has 1 amide bonds. The van der Waals surface area contributed by atoms with Gasteiger partial charge < -0.3 is 4.90 Å². The van der Waals surface area contributed by atoms with Gasteiger partial charge in [-0.25, -0.2) is 4.98 Å². The number of rotatable bonds is 3. The maximum absolute atomic E-state index is 12.5. The second-order valence-electron chi connectivity index (χ2n) is 5.05. The van der Waals surface area contributed by atoms with Crippen LogP contribution in [0.4, 0.5) is 0 Å². The highest BCUT2D eigenvalue weighted by molar-refractivity contribution is 5.93. The van der Waals surface area contributed by atoms with Crippen molar-refractivity contribution in [1.29, 1.82) is 0 Å². The summed E-state index contributed by atoms with van der Waals surface area (Å²) in [5, 5.41) is 0. The summed E-state index contributed by atoms with van der Waals surface area (Å²) < 4.78 is 1.38. The van der Waals surface area contributed by atoms with Crippen LogP contribution in [0.15, 0.2) is 65.7 Å².